The summed E-state index contributed by atoms with van der Waals surface area (Å²) in [5.74, 6) is -0.353. The van der Waals surface area contributed by atoms with Gasteiger partial charge in [-0.05, 0) is 66.6 Å². The van der Waals surface area contributed by atoms with Gasteiger partial charge in [0.15, 0.2) is 0 Å². The first-order valence-corrected chi connectivity index (χ1v) is 15.5. The first kappa shape index (κ1) is 33.5. The molecule has 1 atom stereocenters. The molecule has 8 nitrogen and oxygen atoms in total. The zero-order chi connectivity index (χ0) is 32.3. The predicted molar refractivity (Wildman–Crippen MR) is 182 cm³/mol. The van der Waals surface area contributed by atoms with Gasteiger partial charge in [-0.25, -0.2) is 0 Å². The van der Waals surface area contributed by atoms with Gasteiger partial charge in [0, 0.05) is 27.2 Å². The maximum atomic E-state index is 13.5. The highest BCUT2D eigenvalue weighted by Gasteiger charge is 2.21. The largest absolute Gasteiger partial charge is 0.495 e. The Morgan fingerprint density at radius 1 is 0.844 bits per heavy atom. The van der Waals surface area contributed by atoms with Crippen molar-refractivity contribution < 1.29 is 23.9 Å². The average molecular weight is 665 g/mol. The lowest BCUT2D eigenvalue weighted by molar-refractivity contribution is -0.116. The second kappa shape index (κ2) is 16.0. The van der Waals surface area contributed by atoms with Crippen LogP contribution in [0.15, 0.2) is 102 Å². The van der Waals surface area contributed by atoms with Crippen LogP contribution in [0, 0.1) is 0 Å². The first-order valence-electron chi connectivity index (χ1n) is 13.8. The minimum Gasteiger partial charge on any atom is -0.495 e. The van der Waals surface area contributed by atoms with Crippen molar-refractivity contribution in [3.63, 3.8) is 0 Å². The summed E-state index contributed by atoms with van der Waals surface area (Å²) in [5, 5.41) is 8.89. The van der Waals surface area contributed by atoms with Gasteiger partial charge >= 0.3 is 0 Å². The Bertz CT molecular complexity index is 1700. The minimum atomic E-state index is -0.523. The average Bonchev–Trinajstić information content (AvgIpc) is 3.05. The van der Waals surface area contributed by atoms with Crippen molar-refractivity contribution in [2.24, 2.45) is 0 Å². The summed E-state index contributed by atoms with van der Waals surface area (Å²) in [6, 6.07) is 25.8. The summed E-state index contributed by atoms with van der Waals surface area (Å²) in [4.78, 5) is 40.4. The van der Waals surface area contributed by atoms with Gasteiger partial charge in [0.2, 0.25) is 5.91 Å². The van der Waals surface area contributed by atoms with Gasteiger partial charge < -0.3 is 25.4 Å². The van der Waals surface area contributed by atoms with Crippen LogP contribution in [0.25, 0.3) is 6.08 Å². The number of amides is 3. The van der Waals surface area contributed by atoms with Crippen molar-refractivity contribution in [1.29, 1.82) is 0 Å². The van der Waals surface area contributed by atoms with Crippen molar-refractivity contribution >= 4 is 70.1 Å². The molecule has 0 heterocycles. The molecule has 232 valence electrons. The van der Waals surface area contributed by atoms with E-state index >= 15 is 0 Å². The molecule has 0 bridgehead atoms. The number of methoxy groups -OCH3 is 2. The van der Waals surface area contributed by atoms with Crippen LogP contribution in [0.2, 0.25) is 10.0 Å². The monoisotopic (exact) mass is 663 g/mol. The highest BCUT2D eigenvalue weighted by molar-refractivity contribution is 8.00. The number of ether oxygens (including phenoxy) is 2. The fourth-order valence-corrected chi connectivity index (χ4v) is 5.55. The highest BCUT2D eigenvalue weighted by atomic mass is 35.5. The van der Waals surface area contributed by atoms with E-state index in [-0.39, 0.29) is 11.6 Å². The molecule has 3 N–H and O–H groups in total. The number of halogens is 2. The van der Waals surface area contributed by atoms with Crippen LogP contribution in [-0.2, 0) is 9.59 Å². The maximum Gasteiger partial charge on any atom is 0.272 e. The van der Waals surface area contributed by atoms with Gasteiger partial charge in [0.25, 0.3) is 11.8 Å². The molecule has 0 saturated carbocycles. The van der Waals surface area contributed by atoms with E-state index < -0.39 is 17.1 Å². The second-order valence-electron chi connectivity index (χ2n) is 9.60. The third-order valence-corrected chi connectivity index (χ3v) is 8.38. The summed E-state index contributed by atoms with van der Waals surface area (Å²) in [6.07, 6.45) is 2.10. The van der Waals surface area contributed by atoms with Gasteiger partial charge in [0.05, 0.1) is 30.2 Å². The number of thioether (sulfide) groups is 1. The van der Waals surface area contributed by atoms with Crippen molar-refractivity contribution in [3.05, 3.63) is 118 Å². The second-order valence-corrected chi connectivity index (χ2v) is 11.7. The van der Waals surface area contributed by atoms with Crippen LogP contribution in [0.5, 0.6) is 11.5 Å². The Hall–Kier alpha value is -4.44. The van der Waals surface area contributed by atoms with Crippen molar-refractivity contribution in [1.82, 2.24) is 5.32 Å². The van der Waals surface area contributed by atoms with E-state index in [2.05, 4.69) is 16.0 Å². The normalized spacial score (nSPS) is 11.7. The number of benzene rings is 4. The molecule has 0 aliphatic rings. The smallest absolute Gasteiger partial charge is 0.272 e. The van der Waals surface area contributed by atoms with Crippen LogP contribution in [0.4, 0.5) is 11.4 Å². The van der Waals surface area contributed by atoms with Gasteiger partial charge in [-0.2, -0.15) is 0 Å². The van der Waals surface area contributed by atoms with Crippen LogP contribution in [-0.4, -0.2) is 37.2 Å². The highest BCUT2D eigenvalue weighted by Crippen LogP contribution is 2.37. The lowest BCUT2D eigenvalue weighted by atomic mass is 10.1. The van der Waals surface area contributed by atoms with E-state index in [1.54, 1.807) is 91.0 Å². The molecule has 1 unspecified atom stereocenters. The fourth-order valence-electron chi connectivity index (χ4n) is 4.17. The first-order chi connectivity index (χ1) is 21.7. The molecule has 0 aliphatic carbocycles. The van der Waals surface area contributed by atoms with E-state index in [0.717, 1.165) is 4.90 Å². The van der Waals surface area contributed by atoms with Gasteiger partial charge in [-0.3, -0.25) is 14.4 Å². The van der Waals surface area contributed by atoms with Crippen LogP contribution < -0.4 is 25.4 Å². The van der Waals surface area contributed by atoms with Crippen molar-refractivity contribution in [2.75, 3.05) is 24.9 Å². The molecule has 0 aliphatic heterocycles. The fraction of sp³-hybridized carbons (Fsp3) is 0.147. The zero-order valence-corrected chi connectivity index (χ0v) is 27.1. The van der Waals surface area contributed by atoms with Gasteiger partial charge in [-0.1, -0.05) is 66.5 Å². The molecule has 4 aromatic carbocycles. The Labute approximate surface area is 276 Å². The lowest BCUT2D eigenvalue weighted by Crippen LogP contribution is -2.30. The van der Waals surface area contributed by atoms with Gasteiger partial charge in [0.1, 0.15) is 17.2 Å². The molecule has 45 heavy (non-hydrogen) atoms. The molecular formula is C34H31Cl2N3O5S. The summed E-state index contributed by atoms with van der Waals surface area (Å²) in [6.45, 7) is 1.91. The Kier molecular flexibility index (Phi) is 11.9. The molecule has 0 spiro atoms. The Morgan fingerprint density at radius 2 is 1.56 bits per heavy atom. The third-order valence-electron chi connectivity index (χ3n) is 6.48. The van der Waals surface area contributed by atoms with E-state index in [4.69, 9.17) is 32.7 Å². The zero-order valence-electron chi connectivity index (χ0n) is 24.7. The van der Waals surface area contributed by atoms with E-state index in [1.165, 1.54) is 26.0 Å². The maximum absolute atomic E-state index is 13.5. The summed E-state index contributed by atoms with van der Waals surface area (Å²) in [5.41, 5.74) is 2.03. The molecule has 4 aromatic rings. The van der Waals surface area contributed by atoms with Crippen molar-refractivity contribution in [3.8, 4) is 11.5 Å². The number of hydrogen-bond donors (Lipinski definition) is 3. The van der Waals surface area contributed by atoms with Crippen LogP contribution in [0.1, 0.15) is 29.3 Å². The molecule has 0 aromatic heterocycles. The lowest BCUT2D eigenvalue weighted by Gasteiger charge is -2.18. The molecule has 0 radical (unpaired) electrons. The Balaban J connectivity index is 1.50. The number of nitrogens with one attached hydrogen (secondary N) is 3. The third kappa shape index (κ3) is 9.28. The van der Waals surface area contributed by atoms with E-state index in [1.807, 2.05) is 13.0 Å². The summed E-state index contributed by atoms with van der Waals surface area (Å²) < 4.78 is 10.6. The molecular weight excluding hydrogens is 633 g/mol. The molecule has 3 amide bonds. The number of anilines is 2. The number of hydrogen-bond acceptors (Lipinski definition) is 6. The standard InChI is InChI=1S/C34H31Cl2N3O5S/c1-4-31(34(42)38-27-19-26(36)29(43-2)20-30(27)44-3)45-25-12-8-11-24(18-25)37-33(41)28(17-21-13-15-23(35)16-14-21)39-32(40)22-9-6-5-7-10-22/h5-20,31H,4H2,1-3H3,(H,37,41)(H,38,42)(H,39,40)/b28-17+. The van der Waals surface area contributed by atoms with E-state index in [0.29, 0.717) is 50.5 Å². The van der Waals surface area contributed by atoms with Crippen molar-refractivity contribution in [2.45, 2.75) is 23.5 Å². The quantitative estimate of drug-likeness (QED) is 0.105. The predicted octanol–water partition coefficient (Wildman–Crippen LogP) is 7.93. The number of carbonyl (C=O) groups excluding carboxylic acids is 3. The number of carbonyl (C=O) groups is 3. The van der Waals surface area contributed by atoms with E-state index in [9.17, 15) is 14.4 Å². The van der Waals surface area contributed by atoms with Gasteiger partial charge in [-0.15, -0.1) is 11.8 Å². The van der Waals surface area contributed by atoms with Crippen LogP contribution >= 0.6 is 35.0 Å². The number of rotatable bonds is 12. The molecule has 0 fully saturated rings. The minimum absolute atomic E-state index is 0.0437. The summed E-state index contributed by atoms with van der Waals surface area (Å²) >= 11 is 13.6. The molecule has 0 saturated heterocycles. The summed E-state index contributed by atoms with van der Waals surface area (Å²) in [7, 11) is 2.99. The van der Waals surface area contributed by atoms with Crippen LogP contribution in [0.3, 0.4) is 0 Å². The molecule has 4 rings (SSSR count). The topological polar surface area (TPSA) is 106 Å². The Morgan fingerprint density at radius 3 is 2.22 bits per heavy atom. The molecule has 11 heteroatoms. The SMILES string of the molecule is CCC(Sc1cccc(NC(=O)/C(=C\c2ccc(Cl)cc2)NC(=O)c2ccccc2)c1)C(=O)Nc1cc(Cl)c(OC)cc1OC.